The van der Waals surface area contributed by atoms with Gasteiger partial charge in [0, 0.05) is 6.54 Å². The van der Waals surface area contributed by atoms with E-state index in [1.54, 1.807) is 17.0 Å². The number of carbonyl (C=O) groups excluding carboxylic acids is 3. The number of benzene rings is 1. The van der Waals surface area contributed by atoms with E-state index in [-0.39, 0.29) is 30.0 Å². The van der Waals surface area contributed by atoms with E-state index in [4.69, 9.17) is 0 Å². The summed E-state index contributed by atoms with van der Waals surface area (Å²) in [5, 5.41) is 15.2. The van der Waals surface area contributed by atoms with Crippen molar-refractivity contribution in [1.82, 2.24) is 15.5 Å². The number of phenols is 1. The average molecular weight is 404 g/mol. The highest BCUT2D eigenvalue weighted by atomic mass is 16.3. The van der Waals surface area contributed by atoms with Crippen molar-refractivity contribution < 1.29 is 24.0 Å². The Hall–Kier alpha value is -2.61. The Balaban J connectivity index is 1.73. The van der Waals surface area contributed by atoms with Crippen molar-refractivity contribution in [1.29, 1.82) is 0 Å². The number of piperazine rings is 1. The molecular formula is C21H31N4O4+. The summed E-state index contributed by atoms with van der Waals surface area (Å²) in [7, 11) is 6.41. The first-order valence-corrected chi connectivity index (χ1v) is 10.1. The van der Waals surface area contributed by atoms with Gasteiger partial charge in [0.1, 0.15) is 11.8 Å². The number of fused-ring (bicyclic) bond motifs is 1. The Morgan fingerprint density at radius 3 is 2.55 bits per heavy atom. The standard InChI is InChI=1S/C21H30N4O4/c1-25(2,3)11-5-4-10-22-20(28)16-12-17-21(29)23-13-18(27)24(17)19(16)14-6-8-15(26)9-7-14/h6-9,16-17,19H,4-5,10-13H2,1-3H3,(H2-,22,23,26,28,29)/p+1/t16-,17-,19-/m0/s1. The molecule has 3 rings (SSSR count). The van der Waals surface area contributed by atoms with Gasteiger partial charge in [-0.1, -0.05) is 12.1 Å². The minimum atomic E-state index is -0.635. The van der Waals surface area contributed by atoms with E-state index in [1.165, 1.54) is 12.1 Å². The molecule has 3 amide bonds. The van der Waals surface area contributed by atoms with Crippen LogP contribution in [0.3, 0.4) is 0 Å². The molecule has 29 heavy (non-hydrogen) atoms. The zero-order chi connectivity index (χ0) is 21.2. The number of rotatable bonds is 7. The fraction of sp³-hybridized carbons (Fsp3) is 0.571. The molecule has 1 aromatic rings. The van der Waals surface area contributed by atoms with Crippen LogP contribution in [0.4, 0.5) is 0 Å². The van der Waals surface area contributed by atoms with Gasteiger partial charge in [-0.15, -0.1) is 0 Å². The van der Waals surface area contributed by atoms with Crippen LogP contribution in [0.15, 0.2) is 24.3 Å². The molecule has 2 heterocycles. The Morgan fingerprint density at radius 2 is 1.90 bits per heavy atom. The molecule has 0 aromatic heterocycles. The van der Waals surface area contributed by atoms with Gasteiger partial charge in [-0.2, -0.15) is 0 Å². The number of nitrogens with zero attached hydrogens (tertiary/aromatic N) is 2. The molecule has 0 bridgehead atoms. The Labute approximate surface area is 171 Å². The van der Waals surface area contributed by atoms with Crippen LogP contribution in [-0.2, 0) is 14.4 Å². The van der Waals surface area contributed by atoms with Crippen LogP contribution < -0.4 is 10.6 Å². The minimum Gasteiger partial charge on any atom is -0.508 e. The van der Waals surface area contributed by atoms with Crippen LogP contribution >= 0.6 is 0 Å². The third kappa shape index (κ3) is 4.87. The number of carbonyl (C=O) groups is 3. The van der Waals surface area contributed by atoms with Gasteiger partial charge in [0.2, 0.25) is 17.7 Å². The zero-order valence-electron chi connectivity index (χ0n) is 17.4. The molecule has 3 atom stereocenters. The normalized spacial score (nSPS) is 24.2. The first-order chi connectivity index (χ1) is 13.7. The third-order valence-electron chi connectivity index (χ3n) is 5.62. The Bertz CT molecular complexity index is 772. The van der Waals surface area contributed by atoms with Gasteiger partial charge in [0.25, 0.3) is 0 Å². The summed E-state index contributed by atoms with van der Waals surface area (Å²) in [5.41, 5.74) is 0.749. The van der Waals surface area contributed by atoms with E-state index >= 15 is 0 Å². The highest BCUT2D eigenvalue weighted by Gasteiger charge is 2.51. The van der Waals surface area contributed by atoms with Gasteiger partial charge in [0.15, 0.2) is 0 Å². The van der Waals surface area contributed by atoms with Crippen LogP contribution in [0.25, 0.3) is 0 Å². The maximum absolute atomic E-state index is 13.0. The number of hydrogen-bond donors (Lipinski definition) is 3. The van der Waals surface area contributed by atoms with Crippen LogP contribution in [0, 0.1) is 5.92 Å². The van der Waals surface area contributed by atoms with Crippen LogP contribution in [0.2, 0.25) is 0 Å². The molecule has 2 saturated heterocycles. The molecule has 0 radical (unpaired) electrons. The van der Waals surface area contributed by atoms with Crippen molar-refractivity contribution in [3.8, 4) is 5.75 Å². The maximum Gasteiger partial charge on any atom is 0.243 e. The van der Waals surface area contributed by atoms with E-state index in [9.17, 15) is 19.5 Å². The largest absolute Gasteiger partial charge is 0.508 e. The summed E-state index contributed by atoms with van der Waals surface area (Å²) in [5.74, 6) is -0.930. The van der Waals surface area contributed by atoms with Crippen LogP contribution in [-0.4, -0.2) is 79.0 Å². The van der Waals surface area contributed by atoms with Crippen LogP contribution in [0.5, 0.6) is 5.75 Å². The van der Waals surface area contributed by atoms with Gasteiger partial charge < -0.3 is 25.1 Å². The highest BCUT2D eigenvalue weighted by Crippen LogP contribution is 2.42. The lowest BCUT2D eigenvalue weighted by Gasteiger charge is -2.34. The predicted molar refractivity (Wildman–Crippen MR) is 108 cm³/mol. The third-order valence-corrected chi connectivity index (χ3v) is 5.62. The molecule has 0 saturated carbocycles. The molecular weight excluding hydrogens is 372 g/mol. The van der Waals surface area contributed by atoms with Crippen molar-refractivity contribution in [2.45, 2.75) is 31.3 Å². The molecule has 8 heteroatoms. The smallest absolute Gasteiger partial charge is 0.243 e. The highest BCUT2D eigenvalue weighted by molar-refractivity contribution is 5.97. The predicted octanol–water partition coefficient (Wildman–Crippen LogP) is 0.383. The van der Waals surface area contributed by atoms with E-state index in [1.807, 2.05) is 0 Å². The molecule has 0 aliphatic carbocycles. The summed E-state index contributed by atoms with van der Waals surface area (Å²) in [6.07, 6.45) is 2.18. The average Bonchev–Trinajstić information content (AvgIpc) is 3.06. The van der Waals surface area contributed by atoms with E-state index in [0.29, 0.717) is 13.0 Å². The molecule has 8 nitrogen and oxygen atoms in total. The summed E-state index contributed by atoms with van der Waals surface area (Å²) >= 11 is 0. The molecule has 0 spiro atoms. The van der Waals surface area contributed by atoms with E-state index in [2.05, 4.69) is 31.8 Å². The van der Waals surface area contributed by atoms with Gasteiger partial charge in [-0.25, -0.2) is 0 Å². The first kappa shape index (κ1) is 21.1. The lowest BCUT2D eigenvalue weighted by atomic mass is 9.92. The van der Waals surface area contributed by atoms with Crippen molar-refractivity contribution in [3.05, 3.63) is 29.8 Å². The molecule has 2 aliphatic heterocycles. The summed E-state index contributed by atoms with van der Waals surface area (Å²) < 4.78 is 0.882. The summed E-state index contributed by atoms with van der Waals surface area (Å²) in [6.45, 7) is 1.55. The summed E-state index contributed by atoms with van der Waals surface area (Å²) in [4.78, 5) is 39.4. The number of unbranched alkanes of at least 4 members (excludes halogenated alkanes) is 1. The lowest BCUT2D eigenvalue weighted by Crippen LogP contribution is -2.56. The number of phenolic OH excluding ortho intramolecular Hbond substituents is 1. The fourth-order valence-corrected chi connectivity index (χ4v) is 4.17. The fourth-order valence-electron chi connectivity index (χ4n) is 4.17. The lowest BCUT2D eigenvalue weighted by molar-refractivity contribution is -0.870. The molecule has 158 valence electrons. The minimum absolute atomic E-state index is 0.0523. The zero-order valence-corrected chi connectivity index (χ0v) is 17.4. The van der Waals surface area contributed by atoms with Crippen molar-refractivity contribution in [2.24, 2.45) is 5.92 Å². The van der Waals surface area contributed by atoms with Crippen molar-refractivity contribution in [2.75, 3.05) is 40.8 Å². The monoisotopic (exact) mass is 403 g/mol. The second-order valence-corrected chi connectivity index (χ2v) is 8.93. The second-order valence-electron chi connectivity index (χ2n) is 8.93. The van der Waals surface area contributed by atoms with Gasteiger partial charge in [0.05, 0.1) is 46.2 Å². The quantitative estimate of drug-likeness (QED) is 0.453. The summed E-state index contributed by atoms with van der Waals surface area (Å²) in [6, 6.07) is 5.36. The van der Waals surface area contributed by atoms with Gasteiger partial charge in [-0.05, 0) is 37.0 Å². The first-order valence-electron chi connectivity index (χ1n) is 10.1. The van der Waals surface area contributed by atoms with Gasteiger partial charge >= 0.3 is 0 Å². The Morgan fingerprint density at radius 1 is 1.21 bits per heavy atom. The maximum atomic E-state index is 13.0. The molecule has 1 aromatic carbocycles. The molecule has 2 aliphatic rings. The number of hydrogen-bond acceptors (Lipinski definition) is 4. The molecule has 3 N–H and O–H groups in total. The Kier molecular flexibility index (Phi) is 6.12. The SMILES string of the molecule is C[N+](C)(C)CCCCNC(=O)[C@H]1C[C@H]2C(=O)NCC(=O)N2[C@H]1c1ccc(O)cc1. The molecule has 0 unspecified atom stereocenters. The number of amides is 3. The van der Waals surface area contributed by atoms with Crippen LogP contribution in [0.1, 0.15) is 30.9 Å². The van der Waals surface area contributed by atoms with Crippen molar-refractivity contribution >= 4 is 17.7 Å². The van der Waals surface area contributed by atoms with E-state index in [0.717, 1.165) is 29.4 Å². The van der Waals surface area contributed by atoms with Crippen molar-refractivity contribution in [3.63, 3.8) is 0 Å². The van der Waals surface area contributed by atoms with Gasteiger partial charge in [-0.3, -0.25) is 14.4 Å². The number of aromatic hydroxyl groups is 1. The topological polar surface area (TPSA) is 98.7 Å². The number of quaternary nitrogens is 1. The number of nitrogens with one attached hydrogen (secondary N) is 2. The second kappa shape index (κ2) is 8.41. The van der Waals surface area contributed by atoms with E-state index < -0.39 is 18.0 Å². The molecule has 2 fully saturated rings.